The Bertz CT molecular complexity index is 277. The average Bonchev–Trinajstić information content (AvgIpc) is 2.83. The molecule has 0 aromatic heterocycles. The molecular formula is C15H30N2O2. The molecule has 1 saturated heterocycles. The van der Waals surface area contributed by atoms with Crippen molar-refractivity contribution in [2.75, 3.05) is 26.8 Å². The van der Waals surface area contributed by atoms with Gasteiger partial charge in [-0.2, -0.15) is 0 Å². The van der Waals surface area contributed by atoms with Crippen LogP contribution in [-0.4, -0.2) is 60.5 Å². The molecule has 2 aliphatic rings. The van der Waals surface area contributed by atoms with Crippen molar-refractivity contribution in [1.29, 1.82) is 0 Å². The molecule has 4 nitrogen and oxygen atoms in total. The highest BCUT2D eigenvalue weighted by atomic mass is 16.5. The number of ether oxygens (including phenoxy) is 1. The first-order chi connectivity index (χ1) is 9.08. The fourth-order valence-corrected chi connectivity index (χ4v) is 3.82. The van der Waals surface area contributed by atoms with Gasteiger partial charge in [0.25, 0.3) is 0 Å². The van der Waals surface area contributed by atoms with Crippen molar-refractivity contribution in [3.63, 3.8) is 0 Å². The topological polar surface area (TPSA) is 44.7 Å². The van der Waals surface area contributed by atoms with Crippen molar-refractivity contribution in [1.82, 2.24) is 10.2 Å². The summed E-state index contributed by atoms with van der Waals surface area (Å²) in [4.78, 5) is 2.61. The number of likely N-dealkylation sites (tertiary alicyclic amines) is 1. The minimum absolute atomic E-state index is 0.0447. The third-order valence-electron chi connectivity index (χ3n) is 4.81. The third kappa shape index (κ3) is 3.69. The molecule has 1 aliphatic heterocycles. The van der Waals surface area contributed by atoms with Crippen molar-refractivity contribution in [3.8, 4) is 0 Å². The molecule has 0 aromatic rings. The summed E-state index contributed by atoms with van der Waals surface area (Å²) >= 11 is 0. The number of methoxy groups -OCH3 is 1. The Morgan fingerprint density at radius 1 is 1.32 bits per heavy atom. The van der Waals surface area contributed by atoms with Crippen molar-refractivity contribution < 1.29 is 9.84 Å². The van der Waals surface area contributed by atoms with Gasteiger partial charge in [0.15, 0.2) is 0 Å². The molecule has 112 valence electrons. The summed E-state index contributed by atoms with van der Waals surface area (Å²) in [7, 11) is 1.82. The Morgan fingerprint density at radius 2 is 2.00 bits per heavy atom. The van der Waals surface area contributed by atoms with E-state index in [1.807, 2.05) is 7.11 Å². The van der Waals surface area contributed by atoms with Gasteiger partial charge in [-0.3, -0.25) is 0 Å². The molecule has 0 aromatic carbocycles. The zero-order valence-electron chi connectivity index (χ0n) is 12.7. The minimum atomic E-state index is -0.0447. The van der Waals surface area contributed by atoms with E-state index in [9.17, 15) is 5.11 Å². The highest BCUT2D eigenvalue weighted by Crippen LogP contribution is 2.34. The maximum Gasteiger partial charge on any atom is 0.0614 e. The van der Waals surface area contributed by atoms with Gasteiger partial charge in [-0.05, 0) is 32.1 Å². The lowest BCUT2D eigenvalue weighted by Gasteiger charge is -2.37. The standard InChI is InChI=1S/C15H30N2O2/c1-12(2)16-15(11-18)7-4-13(10-15)17-8-5-14(19-3)6-9-17/h12-14,16,18H,4-11H2,1-3H3. The number of hydrogen-bond acceptors (Lipinski definition) is 4. The Hall–Kier alpha value is -0.160. The van der Waals surface area contributed by atoms with Crippen LogP contribution in [0.2, 0.25) is 0 Å². The highest BCUT2D eigenvalue weighted by Gasteiger charge is 2.41. The third-order valence-corrected chi connectivity index (χ3v) is 4.81. The van der Waals surface area contributed by atoms with E-state index in [1.54, 1.807) is 0 Å². The Morgan fingerprint density at radius 3 is 2.53 bits per heavy atom. The molecule has 1 heterocycles. The van der Waals surface area contributed by atoms with Crippen LogP contribution in [0.3, 0.4) is 0 Å². The van der Waals surface area contributed by atoms with Gasteiger partial charge in [-0.25, -0.2) is 0 Å². The molecule has 1 aliphatic carbocycles. The second-order valence-electron chi connectivity index (χ2n) is 6.61. The zero-order chi connectivity index (χ0) is 13.9. The first kappa shape index (κ1) is 15.2. The Kier molecular flexibility index (Phi) is 5.23. The number of aliphatic hydroxyl groups excluding tert-OH is 1. The molecule has 2 fully saturated rings. The van der Waals surface area contributed by atoms with Gasteiger partial charge >= 0.3 is 0 Å². The van der Waals surface area contributed by atoms with Crippen molar-refractivity contribution >= 4 is 0 Å². The normalized spacial score (nSPS) is 34.3. The number of hydrogen-bond donors (Lipinski definition) is 2. The SMILES string of the molecule is COC1CCN(C2CCC(CO)(NC(C)C)C2)CC1. The lowest BCUT2D eigenvalue weighted by Crippen LogP contribution is -2.51. The smallest absolute Gasteiger partial charge is 0.0614 e. The largest absolute Gasteiger partial charge is 0.394 e. The monoisotopic (exact) mass is 270 g/mol. The van der Waals surface area contributed by atoms with Crippen molar-refractivity contribution in [2.45, 2.75) is 69.7 Å². The molecule has 0 amide bonds. The zero-order valence-corrected chi connectivity index (χ0v) is 12.7. The molecule has 2 unspecified atom stereocenters. The van der Waals surface area contributed by atoms with Crippen LogP contribution in [0, 0.1) is 0 Å². The maximum atomic E-state index is 9.76. The Balaban J connectivity index is 1.87. The van der Waals surface area contributed by atoms with Crippen LogP contribution >= 0.6 is 0 Å². The molecule has 19 heavy (non-hydrogen) atoms. The summed E-state index contributed by atoms with van der Waals surface area (Å²) < 4.78 is 5.44. The quantitative estimate of drug-likeness (QED) is 0.792. The van der Waals surface area contributed by atoms with Crippen LogP contribution in [0.1, 0.15) is 46.0 Å². The molecule has 0 bridgehead atoms. The number of nitrogens with zero attached hydrogens (tertiary/aromatic N) is 1. The van der Waals surface area contributed by atoms with Gasteiger partial charge in [-0.1, -0.05) is 13.8 Å². The van der Waals surface area contributed by atoms with Gasteiger partial charge in [0, 0.05) is 37.8 Å². The summed E-state index contributed by atoms with van der Waals surface area (Å²) in [5, 5.41) is 13.4. The van der Waals surface area contributed by atoms with Crippen molar-refractivity contribution in [2.24, 2.45) is 0 Å². The second kappa shape index (κ2) is 6.53. The van der Waals surface area contributed by atoms with Crippen LogP contribution in [-0.2, 0) is 4.74 Å². The van der Waals surface area contributed by atoms with Crippen LogP contribution in [0.25, 0.3) is 0 Å². The van der Waals surface area contributed by atoms with E-state index in [0.717, 1.165) is 38.8 Å². The second-order valence-corrected chi connectivity index (χ2v) is 6.61. The molecule has 2 atom stereocenters. The summed E-state index contributed by atoms with van der Waals surface area (Å²) in [5.41, 5.74) is -0.0447. The van der Waals surface area contributed by atoms with E-state index in [4.69, 9.17) is 4.74 Å². The fraction of sp³-hybridized carbons (Fsp3) is 1.00. The van der Waals surface area contributed by atoms with Gasteiger partial charge in [0.1, 0.15) is 0 Å². The molecule has 0 spiro atoms. The number of piperidine rings is 1. The van der Waals surface area contributed by atoms with E-state index >= 15 is 0 Å². The van der Waals surface area contributed by atoms with Gasteiger partial charge < -0.3 is 20.1 Å². The first-order valence-electron chi connectivity index (χ1n) is 7.74. The molecule has 4 heteroatoms. The molecular weight excluding hydrogens is 240 g/mol. The van der Waals surface area contributed by atoms with Crippen molar-refractivity contribution in [3.05, 3.63) is 0 Å². The van der Waals surface area contributed by atoms with E-state index in [1.165, 1.54) is 6.42 Å². The number of aliphatic hydroxyl groups is 1. The van der Waals surface area contributed by atoms with Crippen LogP contribution in [0.5, 0.6) is 0 Å². The highest BCUT2D eigenvalue weighted by molar-refractivity contribution is 5.00. The predicted molar refractivity (Wildman–Crippen MR) is 77.3 cm³/mol. The first-order valence-corrected chi connectivity index (χ1v) is 7.74. The summed E-state index contributed by atoms with van der Waals surface area (Å²) in [5.74, 6) is 0. The lowest BCUT2D eigenvalue weighted by molar-refractivity contribution is 0.0257. The van der Waals surface area contributed by atoms with E-state index in [0.29, 0.717) is 18.2 Å². The molecule has 0 radical (unpaired) electrons. The van der Waals surface area contributed by atoms with E-state index in [-0.39, 0.29) is 12.1 Å². The van der Waals surface area contributed by atoms with Gasteiger partial charge in [0.2, 0.25) is 0 Å². The van der Waals surface area contributed by atoms with Crippen LogP contribution in [0.15, 0.2) is 0 Å². The molecule has 2 N–H and O–H groups in total. The van der Waals surface area contributed by atoms with Crippen LogP contribution in [0.4, 0.5) is 0 Å². The Labute approximate surface area is 117 Å². The summed E-state index contributed by atoms with van der Waals surface area (Å²) in [6, 6.07) is 1.07. The minimum Gasteiger partial charge on any atom is -0.394 e. The van der Waals surface area contributed by atoms with E-state index < -0.39 is 0 Å². The van der Waals surface area contributed by atoms with Crippen LogP contribution < -0.4 is 5.32 Å². The van der Waals surface area contributed by atoms with Gasteiger partial charge in [0.05, 0.1) is 12.7 Å². The van der Waals surface area contributed by atoms with E-state index in [2.05, 4.69) is 24.1 Å². The summed E-state index contributed by atoms with van der Waals surface area (Å²) in [6.45, 7) is 6.87. The fourth-order valence-electron chi connectivity index (χ4n) is 3.82. The summed E-state index contributed by atoms with van der Waals surface area (Å²) in [6.07, 6.45) is 6.13. The maximum absolute atomic E-state index is 9.76. The number of rotatable bonds is 5. The average molecular weight is 270 g/mol. The van der Waals surface area contributed by atoms with Gasteiger partial charge in [-0.15, -0.1) is 0 Å². The predicted octanol–water partition coefficient (Wildman–Crippen LogP) is 1.38. The molecule has 1 saturated carbocycles. The molecule has 2 rings (SSSR count). The number of nitrogens with one attached hydrogen (secondary N) is 1. The lowest BCUT2D eigenvalue weighted by atomic mass is 9.96.